The highest BCUT2D eigenvalue weighted by atomic mass is 16.3. The zero-order valence-electron chi connectivity index (χ0n) is 14.5. The maximum atomic E-state index is 12.4. The summed E-state index contributed by atoms with van der Waals surface area (Å²) in [7, 11) is 0. The number of amides is 2. The summed E-state index contributed by atoms with van der Waals surface area (Å²) in [5.41, 5.74) is 0. The Kier molecular flexibility index (Phi) is 6.11. The number of carbonyl (C=O) groups is 2. The summed E-state index contributed by atoms with van der Waals surface area (Å²) in [4.78, 5) is 26.1. The van der Waals surface area contributed by atoms with Crippen molar-refractivity contribution in [3.63, 3.8) is 0 Å². The second-order valence-corrected chi connectivity index (χ2v) is 7.65. The van der Waals surface area contributed by atoms with Crippen molar-refractivity contribution in [2.75, 3.05) is 26.2 Å². The van der Waals surface area contributed by atoms with E-state index in [1.54, 1.807) is 0 Å². The summed E-state index contributed by atoms with van der Waals surface area (Å²) in [6.45, 7) is 3.35. The molecular weight excluding hydrogens is 306 g/mol. The minimum Gasteiger partial charge on any atom is -0.393 e. The highest BCUT2D eigenvalue weighted by Gasteiger charge is 2.39. The molecule has 136 valence electrons. The zero-order chi connectivity index (χ0) is 16.9. The van der Waals surface area contributed by atoms with E-state index in [4.69, 9.17) is 0 Å². The molecule has 1 atom stereocenters. The lowest BCUT2D eigenvalue weighted by molar-refractivity contribution is -0.134. The second-order valence-electron chi connectivity index (χ2n) is 7.65. The highest BCUT2D eigenvalue weighted by Crippen LogP contribution is 2.35. The molecule has 3 aliphatic rings. The predicted octanol–water partition coefficient (Wildman–Crippen LogP) is 0.644. The summed E-state index contributed by atoms with van der Waals surface area (Å²) >= 11 is 0. The largest absolute Gasteiger partial charge is 0.393 e. The number of hydrogen-bond acceptors (Lipinski definition) is 4. The standard InChI is InChI=1S/C18H31N3O3/c22-15-11-14(12-15)18(13-4-7-19-8-5-13)20-16(23)6-10-21-9-2-1-3-17(21)24/h13-15,18-19,22H,1-12H2,(H,20,23)/t14?,15?,18-/m0/s1. The van der Waals surface area contributed by atoms with Gasteiger partial charge in [0.25, 0.3) is 0 Å². The van der Waals surface area contributed by atoms with E-state index in [-0.39, 0.29) is 24.0 Å². The van der Waals surface area contributed by atoms with E-state index in [9.17, 15) is 14.7 Å². The number of aliphatic hydroxyl groups excluding tert-OH is 1. The first-order chi connectivity index (χ1) is 11.6. The predicted molar refractivity (Wildman–Crippen MR) is 91.3 cm³/mol. The van der Waals surface area contributed by atoms with Gasteiger partial charge in [-0.25, -0.2) is 0 Å². The van der Waals surface area contributed by atoms with Gasteiger partial charge in [0, 0.05) is 32.0 Å². The van der Waals surface area contributed by atoms with Gasteiger partial charge in [0.15, 0.2) is 0 Å². The van der Waals surface area contributed by atoms with Crippen molar-refractivity contribution in [3.05, 3.63) is 0 Å². The fraction of sp³-hybridized carbons (Fsp3) is 0.889. The van der Waals surface area contributed by atoms with Crippen LogP contribution in [0.15, 0.2) is 0 Å². The lowest BCUT2D eigenvalue weighted by atomic mass is 9.71. The maximum absolute atomic E-state index is 12.4. The van der Waals surface area contributed by atoms with E-state index >= 15 is 0 Å². The number of piperidine rings is 2. The molecule has 2 aliphatic heterocycles. The van der Waals surface area contributed by atoms with E-state index in [2.05, 4.69) is 10.6 Å². The molecule has 3 N–H and O–H groups in total. The van der Waals surface area contributed by atoms with Gasteiger partial charge in [-0.05, 0) is 63.5 Å². The Balaban J connectivity index is 1.49. The van der Waals surface area contributed by atoms with Gasteiger partial charge >= 0.3 is 0 Å². The summed E-state index contributed by atoms with van der Waals surface area (Å²) < 4.78 is 0. The van der Waals surface area contributed by atoms with Crippen LogP contribution >= 0.6 is 0 Å². The Hall–Kier alpha value is -1.14. The molecule has 1 saturated carbocycles. The smallest absolute Gasteiger partial charge is 0.222 e. The van der Waals surface area contributed by atoms with Crippen LogP contribution in [0.5, 0.6) is 0 Å². The molecule has 2 saturated heterocycles. The third-order valence-corrected chi connectivity index (χ3v) is 5.91. The Morgan fingerprint density at radius 2 is 2.00 bits per heavy atom. The second kappa shape index (κ2) is 8.30. The van der Waals surface area contributed by atoms with Crippen molar-refractivity contribution in [1.82, 2.24) is 15.5 Å². The van der Waals surface area contributed by atoms with Crippen molar-refractivity contribution < 1.29 is 14.7 Å². The first kappa shape index (κ1) is 17.7. The molecule has 3 rings (SSSR count). The van der Waals surface area contributed by atoms with E-state index < -0.39 is 0 Å². The SMILES string of the molecule is O=C(CCN1CCCCC1=O)N[C@@H](C1CCNCC1)C1CC(O)C1. The summed E-state index contributed by atoms with van der Waals surface area (Å²) in [6, 6.07) is 0.181. The number of nitrogens with one attached hydrogen (secondary N) is 2. The number of aliphatic hydroxyl groups is 1. The van der Waals surface area contributed by atoms with Crippen LogP contribution < -0.4 is 10.6 Å². The fourth-order valence-corrected chi connectivity index (χ4v) is 4.34. The fourth-order valence-electron chi connectivity index (χ4n) is 4.34. The summed E-state index contributed by atoms with van der Waals surface area (Å²) in [5.74, 6) is 1.15. The van der Waals surface area contributed by atoms with Crippen LogP contribution in [0.25, 0.3) is 0 Å². The molecule has 0 aromatic carbocycles. The number of hydrogen-bond donors (Lipinski definition) is 3. The van der Waals surface area contributed by atoms with Gasteiger partial charge in [0.2, 0.25) is 11.8 Å². The molecule has 0 radical (unpaired) electrons. The molecule has 0 bridgehead atoms. The molecule has 0 unspecified atom stereocenters. The molecule has 6 heteroatoms. The van der Waals surface area contributed by atoms with Gasteiger partial charge in [-0.15, -0.1) is 0 Å². The van der Waals surface area contributed by atoms with Gasteiger partial charge in [-0.3, -0.25) is 9.59 Å². The molecule has 24 heavy (non-hydrogen) atoms. The molecule has 2 heterocycles. The minimum atomic E-state index is -0.193. The Labute approximate surface area is 144 Å². The van der Waals surface area contributed by atoms with Crippen molar-refractivity contribution in [3.8, 4) is 0 Å². The van der Waals surface area contributed by atoms with Crippen molar-refractivity contribution in [1.29, 1.82) is 0 Å². The number of rotatable bonds is 6. The van der Waals surface area contributed by atoms with Crippen molar-refractivity contribution in [2.45, 2.75) is 63.5 Å². The number of likely N-dealkylation sites (tertiary alicyclic amines) is 1. The molecule has 6 nitrogen and oxygen atoms in total. The van der Waals surface area contributed by atoms with E-state index in [0.29, 0.717) is 31.2 Å². The number of carbonyl (C=O) groups excluding carboxylic acids is 2. The molecule has 3 fully saturated rings. The molecule has 2 amide bonds. The van der Waals surface area contributed by atoms with Crippen LogP contribution in [-0.4, -0.2) is 60.1 Å². The molecule has 1 aliphatic carbocycles. The summed E-state index contributed by atoms with van der Waals surface area (Å²) in [5, 5.41) is 16.3. The Morgan fingerprint density at radius 3 is 2.67 bits per heavy atom. The van der Waals surface area contributed by atoms with E-state index in [1.807, 2.05) is 4.90 Å². The number of nitrogens with zero attached hydrogens (tertiary/aromatic N) is 1. The van der Waals surface area contributed by atoms with Crippen LogP contribution in [0.1, 0.15) is 51.4 Å². The molecule has 0 aromatic rings. The van der Waals surface area contributed by atoms with Crippen LogP contribution in [0.3, 0.4) is 0 Å². The van der Waals surface area contributed by atoms with Gasteiger partial charge in [0.1, 0.15) is 0 Å². The van der Waals surface area contributed by atoms with E-state index in [1.165, 1.54) is 0 Å². The van der Waals surface area contributed by atoms with Crippen LogP contribution in [0.4, 0.5) is 0 Å². The van der Waals surface area contributed by atoms with Crippen molar-refractivity contribution >= 4 is 11.8 Å². The molecule has 0 aromatic heterocycles. The van der Waals surface area contributed by atoms with Crippen LogP contribution in [0, 0.1) is 11.8 Å². The van der Waals surface area contributed by atoms with Crippen LogP contribution in [-0.2, 0) is 9.59 Å². The average molecular weight is 337 g/mol. The Bertz CT molecular complexity index is 445. The van der Waals surface area contributed by atoms with Crippen LogP contribution in [0.2, 0.25) is 0 Å². The van der Waals surface area contributed by atoms with Gasteiger partial charge < -0.3 is 20.6 Å². The first-order valence-corrected chi connectivity index (χ1v) is 9.59. The maximum Gasteiger partial charge on any atom is 0.222 e. The third-order valence-electron chi connectivity index (χ3n) is 5.91. The average Bonchev–Trinajstić information content (AvgIpc) is 2.57. The highest BCUT2D eigenvalue weighted by molar-refractivity contribution is 5.79. The normalized spacial score (nSPS) is 29.9. The van der Waals surface area contributed by atoms with Crippen molar-refractivity contribution in [2.24, 2.45) is 11.8 Å². The zero-order valence-corrected chi connectivity index (χ0v) is 14.5. The lowest BCUT2D eigenvalue weighted by Crippen LogP contribution is -2.53. The Morgan fingerprint density at radius 1 is 1.25 bits per heavy atom. The minimum absolute atomic E-state index is 0.0540. The van der Waals surface area contributed by atoms with Gasteiger partial charge in [-0.2, -0.15) is 0 Å². The first-order valence-electron chi connectivity index (χ1n) is 9.59. The summed E-state index contributed by atoms with van der Waals surface area (Å²) in [6.07, 6.45) is 6.63. The topological polar surface area (TPSA) is 81.7 Å². The third kappa shape index (κ3) is 4.48. The quantitative estimate of drug-likeness (QED) is 0.664. The van der Waals surface area contributed by atoms with E-state index in [0.717, 1.165) is 58.2 Å². The molecule has 0 spiro atoms. The monoisotopic (exact) mass is 337 g/mol. The lowest BCUT2D eigenvalue weighted by Gasteiger charge is -2.43. The molecular formula is C18H31N3O3. The van der Waals surface area contributed by atoms with Gasteiger partial charge in [-0.1, -0.05) is 0 Å². The van der Waals surface area contributed by atoms with Gasteiger partial charge in [0.05, 0.1) is 6.10 Å².